The third-order valence-corrected chi connectivity index (χ3v) is 6.23. The molecule has 0 bridgehead atoms. The lowest BCUT2D eigenvalue weighted by molar-refractivity contribution is 0.0304. The number of nitrogens with two attached hydrogens (primary N) is 2. The number of nitrogens with zero attached hydrogens (tertiary/aromatic N) is 4. The molecule has 1 aliphatic heterocycles. The zero-order valence-corrected chi connectivity index (χ0v) is 19.7. The van der Waals surface area contributed by atoms with Crippen LogP contribution in [0.15, 0.2) is 54.9 Å². The number of rotatable bonds is 5. The number of nitrogens with one attached hydrogen (secondary N) is 1. The Labute approximate surface area is 207 Å². The van der Waals surface area contributed by atoms with E-state index in [2.05, 4.69) is 15.3 Å². The molecule has 1 fully saturated rings. The molecule has 0 radical (unpaired) electrons. The van der Waals surface area contributed by atoms with Crippen LogP contribution in [0.2, 0.25) is 0 Å². The lowest BCUT2D eigenvalue weighted by atomic mass is 9.91. The van der Waals surface area contributed by atoms with Crippen molar-refractivity contribution in [1.29, 1.82) is 0 Å². The molecular formula is C26H26FN7O2. The van der Waals surface area contributed by atoms with Gasteiger partial charge in [0.1, 0.15) is 17.8 Å². The van der Waals surface area contributed by atoms with Crippen LogP contribution in [0.5, 0.6) is 0 Å². The Kier molecular flexibility index (Phi) is 6.34. The predicted octanol–water partition coefficient (Wildman–Crippen LogP) is 3.64. The third-order valence-electron chi connectivity index (χ3n) is 6.23. The second-order valence-corrected chi connectivity index (χ2v) is 8.57. The second-order valence-electron chi connectivity index (χ2n) is 8.57. The molecule has 9 nitrogen and oxygen atoms in total. The number of halogens is 1. The van der Waals surface area contributed by atoms with E-state index in [0.29, 0.717) is 59.8 Å². The summed E-state index contributed by atoms with van der Waals surface area (Å²) in [4.78, 5) is 28.8. The Bertz CT molecular complexity index is 1430. The highest BCUT2D eigenvalue weighted by Crippen LogP contribution is 2.37. The number of amides is 1. The number of carbonyl (C=O) groups excluding carboxylic acids is 1. The summed E-state index contributed by atoms with van der Waals surface area (Å²) in [5, 5.41) is 3.71. The summed E-state index contributed by atoms with van der Waals surface area (Å²) in [6.45, 7) is 3.69. The first-order valence-corrected chi connectivity index (χ1v) is 11.6. The molecular weight excluding hydrogens is 461 g/mol. The van der Waals surface area contributed by atoms with E-state index in [9.17, 15) is 9.18 Å². The molecule has 1 amide bonds. The average Bonchev–Trinajstić information content (AvgIpc) is 2.90. The molecule has 1 atom stereocenters. The number of morpholine rings is 1. The van der Waals surface area contributed by atoms with Gasteiger partial charge in [0, 0.05) is 24.0 Å². The average molecular weight is 488 g/mol. The summed E-state index contributed by atoms with van der Waals surface area (Å²) >= 11 is 0. The van der Waals surface area contributed by atoms with Gasteiger partial charge in [0.2, 0.25) is 0 Å². The van der Waals surface area contributed by atoms with Crippen molar-refractivity contribution in [2.75, 3.05) is 43.1 Å². The Morgan fingerprint density at radius 1 is 1.11 bits per heavy atom. The highest BCUT2D eigenvalue weighted by atomic mass is 19.1. The minimum atomic E-state index is -0.442. The van der Waals surface area contributed by atoms with Gasteiger partial charge >= 0.3 is 0 Å². The number of aromatic nitrogens is 3. The van der Waals surface area contributed by atoms with E-state index < -0.39 is 11.9 Å². The second kappa shape index (κ2) is 9.74. The van der Waals surface area contributed by atoms with Gasteiger partial charge in [-0.25, -0.2) is 19.3 Å². The molecule has 0 spiro atoms. The predicted molar refractivity (Wildman–Crippen MR) is 137 cm³/mol. The van der Waals surface area contributed by atoms with E-state index in [1.807, 2.05) is 37.3 Å². The first kappa shape index (κ1) is 23.4. The Hall–Kier alpha value is -4.31. The number of anilines is 3. The molecule has 2 aromatic carbocycles. The zero-order chi connectivity index (χ0) is 25.2. The number of pyridine rings is 1. The van der Waals surface area contributed by atoms with Crippen molar-refractivity contribution in [2.45, 2.75) is 13.0 Å². The minimum Gasteiger partial charge on any atom is -0.393 e. The standard InChI is InChI=1S/C26H26FN7O2/c1-15(32-25-22(28)24(29)30-14-31-25)23-20(16-5-3-2-4-6-16)21(26(35)34-9-11-36-12-10-34)18-13-17(27)7-8-19(18)33-23/h2-8,13-15H,9-12,28H2,1H3,(H3,29,30,31,32). The highest BCUT2D eigenvalue weighted by molar-refractivity contribution is 6.12. The van der Waals surface area contributed by atoms with Gasteiger partial charge in [-0.3, -0.25) is 4.79 Å². The van der Waals surface area contributed by atoms with Crippen LogP contribution >= 0.6 is 0 Å². The van der Waals surface area contributed by atoms with Crippen LogP contribution in [0, 0.1) is 5.82 Å². The van der Waals surface area contributed by atoms with E-state index in [0.717, 1.165) is 5.56 Å². The fourth-order valence-electron chi connectivity index (χ4n) is 4.41. The van der Waals surface area contributed by atoms with Crippen LogP contribution in [-0.4, -0.2) is 52.1 Å². The van der Waals surface area contributed by atoms with Crippen LogP contribution in [0.1, 0.15) is 29.0 Å². The summed E-state index contributed by atoms with van der Waals surface area (Å²) in [5.74, 6) is -0.124. The molecule has 1 unspecified atom stereocenters. The van der Waals surface area contributed by atoms with Crippen molar-refractivity contribution >= 4 is 34.1 Å². The van der Waals surface area contributed by atoms with Crippen molar-refractivity contribution in [1.82, 2.24) is 19.9 Å². The van der Waals surface area contributed by atoms with Crippen LogP contribution in [0.25, 0.3) is 22.0 Å². The SMILES string of the molecule is CC(Nc1ncnc(N)c1N)c1nc2ccc(F)cc2c(C(=O)N2CCOCC2)c1-c1ccccc1. The maximum Gasteiger partial charge on any atom is 0.255 e. The van der Waals surface area contributed by atoms with Crippen LogP contribution < -0.4 is 16.8 Å². The van der Waals surface area contributed by atoms with Crippen LogP contribution in [0.3, 0.4) is 0 Å². The Balaban J connectivity index is 1.75. The van der Waals surface area contributed by atoms with E-state index in [1.165, 1.54) is 18.5 Å². The van der Waals surface area contributed by atoms with Crippen molar-refractivity contribution in [2.24, 2.45) is 0 Å². The topological polar surface area (TPSA) is 132 Å². The lowest BCUT2D eigenvalue weighted by Gasteiger charge is -2.29. The Morgan fingerprint density at radius 3 is 2.61 bits per heavy atom. The number of benzene rings is 2. The van der Waals surface area contributed by atoms with E-state index in [-0.39, 0.29) is 17.4 Å². The van der Waals surface area contributed by atoms with Gasteiger partial charge in [0.15, 0.2) is 11.6 Å². The summed E-state index contributed by atoms with van der Waals surface area (Å²) in [6, 6.07) is 13.3. The largest absolute Gasteiger partial charge is 0.393 e. The van der Waals surface area contributed by atoms with E-state index in [4.69, 9.17) is 21.2 Å². The van der Waals surface area contributed by atoms with Gasteiger partial charge in [-0.15, -0.1) is 0 Å². The monoisotopic (exact) mass is 487 g/mol. The molecule has 3 heterocycles. The number of hydrogen-bond acceptors (Lipinski definition) is 8. The van der Waals surface area contributed by atoms with Gasteiger partial charge in [-0.05, 0) is 30.7 Å². The molecule has 5 rings (SSSR count). The molecule has 1 aliphatic rings. The maximum absolute atomic E-state index is 14.5. The first-order chi connectivity index (χ1) is 17.4. The molecule has 4 aromatic rings. The van der Waals surface area contributed by atoms with E-state index >= 15 is 0 Å². The van der Waals surface area contributed by atoms with Gasteiger partial charge < -0.3 is 26.4 Å². The molecule has 10 heteroatoms. The summed E-state index contributed by atoms with van der Waals surface area (Å²) in [7, 11) is 0. The molecule has 0 saturated carbocycles. The fraction of sp³-hybridized carbons (Fsp3) is 0.231. The molecule has 0 aliphatic carbocycles. The maximum atomic E-state index is 14.5. The zero-order valence-electron chi connectivity index (χ0n) is 19.7. The molecule has 184 valence electrons. The Morgan fingerprint density at radius 2 is 1.86 bits per heavy atom. The summed E-state index contributed by atoms with van der Waals surface area (Å²) in [5.41, 5.74) is 15.1. The smallest absolute Gasteiger partial charge is 0.255 e. The quantitative estimate of drug-likeness (QED) is 0.389. The molecule has 36 heavy (non-hydrogen) atoms. The summed E-state index contributed by atoms with van der Waals surface area (Å²) < 4.78 is 19.9. The minimum absolute atomic E-state index is 0.160. The number of nitrogen functional groups attached to an aromatic ring is 2. The van der Waals surface area contributed by atoms with Crippen molar-refractivity contribution in [3.63, 3.8) is 0 Å². The molecule has 1 saturated heterocycles. The number of carbonyl (C=O) groups is 1. The van der Waals surface area contributed by atoms with Gasteiger partial charge in [-0.2, -0.15) is 0 Å². The third kappa shape index (κ3) is 4.38. The van der Waals surface area contributed by atoms with E-state index in [1.54, 1.807) is 11.0 Å². The normalized spacial score (nSPS) is 14.6. The van der Waals surface area contributed by atoms with Gasteiger partial charge in [-0.1, -0.05) is 30.3 Å². The van der Waals surface area contributed by atoms with Crippen molar-refractivity contribution in [3.8, 4) is 11.1 Å². The number of ether oxygens (including phenoxy) is 1. The van der Waals surface area contributed by atoms with Crippen LogP contribution in [0.4, 0.5) is 21.7 Å². The number of hydrogen-bond donors (Lipinski definition) is 3. The van der Waals surface area contributed by atoms with Crippen molar-refractivity contribution < 1.29 is 13.9 Å². The van der Waals surface area contributed by atoms with Gasteiger partial charge in [0.25, 0.3) is 5.91 Å². The number of fused-ring (bicyclic) bond motifs is 1. The highest BCUT2D eigenvalue weighted by Gasteiger charge is 2.29. The van der Waals surface area contributed by atoms with Crippen LogP contribution in [-0.2, 0) is 4.74 Å². The van der Waals surface area contributed by atoms with Crippen molar-refractivity contribution in [3.05, 3.63) is 71.9 Å². The molecule has 2 aromatic heterocycles. The molecule has 5 N–H and O–H groups in total. The lowest BCUT2D eigenvalue weighted by Crippen LogP contribution is -2.41. The first-order valence-electron chi connectivity index (χ1n) is 11.6. The fourth-order valence-corrected chi connectivity index (χ4v) is 4.41. The summed E-state index contributed by atoms with van der Waals surface area (Å²) in [6.07, 6.45) is 1.32. The van der Waals surface area contributed by atoms with Gasteiger partial charge in [0.05, 0.1) is 36.0 Å².